The van der Waals surface area contributed by atoms with Crippen LogP contribution in [0.5, 0.6) is 0 Å². The Hall–Kier alpha value is -2.70. The first-order valence-corrected chi connectivity index (χ1v) is 7.05. The van der Waals surface area contributed by atoms with Gasteiger partial charge in [-0.15, -0.1) is 0 Å². The minimum atomic E-state index is -0.332. The van der Waals surface area contributed by atoms with Gasteiger partial charge in [0.15, 0.2) is 0 Å². The number of amides is 2. The molecule has 1 atom stereocenters. The van der Waals surface area contributed by atoms with Crippen molar-refractivity contribution < 1.29 is 9.18 Å². The number of anilines is 2. The van der Waals surface area contributed by atoms with E-state index in [-0.39, 0.29) is 17.9 Å². The Labute approximate surface area is 127 Å². The molecule has 3 rings (SSSR count). The van der Waals surface area contributed by atoms with Crippen LogP contribution in [0.3, 0.4) is 0 Å². The summed E-state index contributed by atoms with van der Waals surface area (Å²) in [5.41, 5.74) is 0.558. The van der Waals surface area contributed by atoms with Gasteiger partial charge in [0.25, 0.3) is 0 Å². The number of nitrogens with one attached hydrogen (secondary N) is 2. The summed E-state index contributed by atoms with van der Waals surface area (Å²) < 4.78 is 12.8. The van der Waals surface area contributed by atoms with E-state index >= 15 is 0 Å². The summed E-state index contributed by atoms with van der Waals surface area (Å²) in [6.07, 6.45) is 5.83. The van der Waals surface area contributed by atoms with Crippen molar-refractivity contribution in [2.75, 3.05) is 23.3 Å². The number of carbonyl (C=O) groups excluding carboxylic acids is 1. The fraction of sp³-hybridized carbons (Fsp3) is 0.267. The minimum Gasteiger partial charge on any atom is -0.353 e. The normalized spacial score (nSPS) is 17.3. The molecule has 0 saturated carbocycles. The zero-order valence-corrected chi connectivity index (χ0v) is 11.9. The monoisotopic (exact) mass is 301 g/mol. The largest absolute Gasteiger partial charge is 0.353 e. The van der Waals surface area contributed by atoms with E-state index in [1.54, 1.807) is 18.6 Å². The number of carbonyl (C=O) groups is 1. The second-order valence-corrected chi connectivity index (χ2v) is 5.10. The smallest absolute Gasteiger partial charge is 0.319 e. The van der Waals surface area contributed by atoms with Crippen LogP contribution in [-0.2, 0) is 0 Å². The fourth-order valence-corrected chi connectivity index (χ4v) is 2.43. The van der Waals surface area contributed by atoms with Crippen LogP contribution in [-0.4, -0.2) is 35.1 Å². The number of rotatable bonds is 3. The molecule has 2 heterocycles. The lowest BCUT2D eigenvalue weighted by atomic mass is 10.3. The molecule has 0 unspecified atom stereocenters. The van der Waals surface area contributed by atoms with Crippen molar-refractivity contribution in [3.63, 3.8) is 0 Å². The average Bonchev–Trinajstić information content (AvgIpc) is 2.99. The van der Waals surface area contributed by atoms with E-state index in [2.05, 4.69) is 25.5 Å². The predicted octanol–water partition coefficient (Wildman–Crippen LogP) is 2.02. The van der Waals surface area contributed by atoms with Gasteiger partial charge in [0, 0.05) is 37.2 Å². The topological polar surface area (TPSA) is 70.2 Å². The third-order valence-electron chi connectivity index (χ3n) is 3.50. The highest BCUT2D eigenvalue weighted by Crippen LogP contribution is 2.16. The number of aromatic nitrogens is 2. The molecule has 2 aromatic rings. The summed E-state index contributed by atoms with van der Waals surface area (Å²) in [4.78, 5) is 22.3. The highest BCUT2D eigenvalue weighted by Gasteiger charge is 2.24. The molecule has 1 aliphatic heterocycles. The Morgan fingerprint density at radius 2 is 2.09 bits per heavy atom. The Balaban J connectivity index is 1.51. The van der Waals surface area contributed by atoms with Gasteiger partial charge < -0.3 is 15.5 Å². The molecule has 0 aliphatic carbocycles. The molecule has 1 aromatic carbocycles. The lowest BCUT2D eigenvalue weighted by Gasteiger charge is -2.17. The number of hydrogen-bond acceptors (Lipinski definition) is 4. The molecule has 22 heavy (non-hydrogen) atoms. The molecular weight excluding hydrogens is 285 g/mol. The van der Waals surface area contributed by atoms with E-state index in [1.165, 1.54) is 24.3 Å². The fourth-order valence-electron chi connectivity index (χ4n) is 2.43. The van der Waals surface area contributed by atoms with Gasteiger partial charge in [-0.05, 0) is 30.7 Å². The van der Waals surface area contributed by atoms with Gasteiger partial charge in [-0.25, -0.2) is 14.2 Å². The van der Waals surface area contributed by atoms with Crippen LogP contribution in [0.4, 0.5) is 20.7 Å². The predicted molar refractivity (Wildman–Crippen MR) is 81.2 cm³/mol. The van der Waals surface area contributed by atoms with E-state index in [0.29, 0.717) is 12.2 Å². The zero-order valence-electron chi connectivity index (χ0n) is 11.9. The van der Waals surface area contributed by atoms with Crippen LogP contribution in [0, 0.1) is 5.82 Å². The van der Waals surface area contributed by atoms with Crippen molar-refractivity contribution in [2.45, 2.75) is 12.5 Å². The molecule has 114 valence electrons. The Morgan fingerprint density at radius 1 is 1.27 bits per heavy atom. The van der Waals surface area contributed by atoms with Gasteiger partial charge in [0.1, 0.15) is 11.6 Å². The average molecular weight is 301 g/mol. The molecular formula is C15H16FN5O. The lowest BCUT2D eigenvalue weighted by molar-refractivity contribution is 0.249. The van der Waals surface area contributed by atoms with E-state index in [9.17, 15) is 9.18 Å². The van der Waals surface area contributed by atoms with Crippen LogP contribution < -0.4 is 15.5 Å². The Bertz CT molecular complexity index is 634. The molecule has 7 heteroatoms. The maximum Gasteiger partial charge on any atom is 0.319 e. The molecule has 0 bridgehead atoms. The van der Waals surface area contributed by atoms with E-state index in [4.69, 9.17) is 0 Å². The van der Waals surface area contributed by atoms with Crippen molar-refractivity contribution in [1.29, 1.82) is 0 Å². The molecule has 0 radical (unpaired) electrons. The summed E-state index contributed by atoms with van der Waals surface area (Å²) in [5, 5.41) is 5.60. The van der Waals surface area contributed by atoms with E-state index in [1.807, 2.05) is 0 Å². The highest BCUT2D eigenvalue weighted by atomic mass is 19.1. The van der Waals surface area contributed by atoms with Crippen LogP contribution in [0.15, 0.2) is 42.9 Å². The summed E-state index contributed by atoms with van der Waals surface area (Å²) in [7, 11) is 0. The standard InChI is InChI=1S/C15H16FN5O/c16-11-1-3-12(4-2-11)19-15(22)20-13-5-8-21(10-13)14-9-17-6-7-18-14/h1-4,6-7,9,13H,5,8,10H2,(H2,19,20,22)/t13-/m0/s1. The highest BCUT2D eigenvalue weighted by molar-refractivity contribution is 5.89. The van der Waals surface area contributed by atoms with Gasteiger partial charge in [-0.3, -0.25) is 4.98 Å². The van der Waals surface area contributed by atoms with Gasteiger partial charge in [-0.1, -0.05) is 0 Å². The first kappa shape index (κ1) is 14.2. The lowest BCUT2D eigenvalue weighted by Crippen LogP contribution is -2.39. The first-order chi connectivity index (χ1) is 10.7. The van der Waals surface area contributed by atoms with Crippen LogP contribution >= 0.6 is 0 Å². The van der Waals surface area contributed by atoms with Gasteiger partial charge in [-0.2, -0.15) is 0 Å². The quantitative estimate of drug-likeness (QED) is 0.910. The van der Waals surface area contributed by atoms with Crippen molar-refractivity contribution >= 4 is 17.5 Å². The summed E-state index contributed by atoms with van der Waals surface area (Å²) in [5.74, 6) is 0.479. The first-order valence-electron chi connectivity index (χ1n) is 7.05. The summed E-state index contributed by atoms with van der Waals surface area (Å²) in [6.45, 7) is 1.51. The van der Waals surface area contributed by atoms with Crippen LogP contribution in [0.2, 0.25) is 0 Å². The number of urea groups is 1. The molecule has 0 spiro atoms. The molecule has 1 saturated heterocycles. The van der Waals surface area contributed by atoms with Crippen molar-refractivity contribution in [2.24, 2.45) is 0 Å². The van der Waals surface area contributed by atoms with Crippen molar-refractivity contribution in [3.05, 3.63) is 48.7 Å². The SMILES string of the molecule is O=C(Nc1ccc(F)cc1)N[C@H]1CCN(c2cnccn2)C1. The second-order valence-electron chi connectivity index (χ2n) is 5.10. The minimum absolute atomic E-state index is 0.0439. The third kappa shape index (κ3) is 3.49. The molecule has 1 aliphatic rings. The van der Waals surface area contributed by atoms with Gasteiger partial charge in [0.05, 0.1) is 6.20 Å². The molecule has 6 nitrogen and oxygen atoms in total. The number of nitrogens with zero attached hydrogens (tertiary/aromatic N) is 3. The Morgan fingerprint density at radius 3 is 2.82 bits per heavy atom. The maximum atomic E-state index is 12.8. The number of hydrogen-bond donors (Lipinski definition) is 2. The van der Waals surface area contributed by atoms with Crippen LogP contribution in [0.25, 0.3) is 0 Å². The molecule has 2 N–H and O–H groups in total. The Kier molecular flexibility index (Phi) is 4.13. The molecule has 2 amide bonds. The van der Waals surface area contributed by atoms with Gasteiger partial charge >= 0.3 is 6.03 Å². The molecule has 1 fully saturated rings. The molecule has 1 aromatic heterocycles. The van der Waals surface area contributed by atoms with Crippen molar-refractivity contribution in [3.8, 4) is 0 Å². The summed E-state index contributed by atoms with van der Waals surface area (Å²) >= 11 is 0. The second kappa shape index (κ2) is 6.38. The zero-order chi connectivity index (χ0) is 15.4. The van der Waals surface area contributed by atoms with E-state index < -0.39 is 0 Å². The van der Waals surface area contributed by atoms with E-state index in [0.717, 1.165) is 18.8 Å². The van der Waals surface area contributed by atoms with Crippen LogP contribution in [0.1, 0.15) is 6.42 Å². The van der Waals surface area contributed by atoms with Crippen molar-refractivity contribution in [1.82, 2.24) is 15.3 Å². The number of halogens is 1. The maximum absolute atomic E-state index is 12.8. The third-order valence-corrected chi connectivity index (χ3v) is 3.50. The number of benzene rings is 1. The summed E-state index contributed by atoms with van der Waals surface area (Å²) in [6, 6.07) is 5.41. The van der Waals surface area contributed by atoms with Gasteiger partial charge in [0.2, 0.25) is 0 Å².